The molecule has 0 aromatic heterocycles. The Bertz CT molecular complexity index is 1450. The van der Waals surface area contributed by atoms with Crippen molar-refractivity contribution in [2.24, 2.45) is 0 Å². The van der Waals surface area contributed by atoms with E-state index in [1.165, 1.54) is 23.1 Å². The fourth-order valence-corrected chi connectivity index (χ4v) is 6.20. The summed E-state index contributed by atoms with van der Waals surface area (Å²) in [5, 5.41) is 3.03. The highest BCUT2D eigenvalue weighted by Gasteiger charge is 2.34. The molecule has 0 aliphatic heterocycles. The second-order valence-electron chi connectivity index (χ2n) is 9.62. The standard InChI is InChI=1S/C30H35Cl2N3O4S/c1-5-17-33-30(37)26(6-2)34(19-23-10-7-9-22(4)18-23)28(36)20-35(27-12-8-11-25(31)29(27)32)40(38,39)24-15-13-21(3)14-16-24/h7-16,18,26H,5-6,17,19-20H2,1-4H3,(H,33,37). The largest absolute Gasteiger partial charge is 0.354 e. The molecule has 3 aromatic carbocycles. The van der Waals surface area contributed by atoms with E-state index < -0.39 is 28.5 Å². The number of amides is 2. The quantitative estimate of drug-likeness (QED) is 0.269. The molecule has 0 bridgehead atoms. The number of halogens is 2. The number of aryl methyl sites for hydroxylation is 2. The summed E-state index contributed by atoms with van der Waals surface area (Å²) < 4.78 is 28.9. The van der Waals surface area contributed by atoms with Gasteiger partial charge in [0.05, 0.1) is 20.6 Å². The Kier molecular flexibility index (Phi) is 11.0. The van der Waals surface area contributed by atoms with Gasteiger partial charge in [0, 0.05) is 13.1 Å². The number of rotatable bonds is 12. The van der Waals surface area contributed by atoms with Crippen molar-refractivity contribution in [3.63, 3.8) is 0 Å². The lowest BCUT2D eigenvalue weighted by molar-refractivity contribution is -0.140. The van der Waals surface area contributed by atoms with Crippen molar-refractivity contribution in [1.29, 1.82) is 0 Å². The average Bonchev–Trinajstić information content (AvgIpc) is 2.92. The number of hydrogen-bond donors (Lipinski definition) is 1. The van der Waals surface area contributed by atoms with Crippen molar-refractivity contribution >= 4 is 50.7 Å². The van der Waals surface area contributed by atoms with Gasteiger partial charge in [-0.05, 0) is 56.5 Å². The third kappa shape index (κ3) is 7.56. The van der Waals surface area contributed by atoms with E-state index >= 15 is 0 Å². The second kappa shape index (κ2) is 14.0. The van der Waals surface area contributed by atoms with Crippen LogP contribution in [0.1, 0.15) is 43.4 Å². The molecule has 2 amide bonds. The zero-order valence-corrected chi connectivity index (χ0v) is 25.5. The van der Waals surface area contributed by atoms with Gasteiger partial charge in [-0.25, -0.2) is 8.42 Å². The first-order valence-electron chi connectivity index (χ1n) is 13.2. The van der Waals surface area contributed by atoms with Crippen molar-refractivity contribution in [1.82, 2.24) is 10.2 Å². The van der Waals surface area contributed by atoms with Crippen LogP contribution in [-0.2, 0) is 26.2 Å². The van der Waals surface area contributed by atoms with E-state index in [0.717, 1.165) is 27.4 Å². The third-order valence-corrected chi connectivity index (χ3v) is 9.04. The number of carbonyl (C=O) groups excluding carboxylic acids is 2. The van der Waals surface area contributed by atoms with E-state index in [1.807, 2.05) is 52.0 Å². The summed E-state index contributed by atoms with van der Waals surface area (Å²) in [6.07, 6.45) is 1.08. The normalized spacial score (nSPS) is 12.1. The lowest BCUT2D eigenvalue weighted by atomic mass is 10.1. The lowest BCUT2D eigenvalue weighted by Crippen LogP contribution is -2.52. The van der Waals surface area contributed by atoms with Gasteiger partial charge in [0.25, 0.3) is 10.0 Å². The maximum absolute atomic E-state index is 14.1. The molecule has 1 N–H and O–H groups in total. The predicted molar refractivity (Wildman–Crippen MR) is 161 cm³/mol. The minimum atomic E-state index is -4.24. The van der Waals surface area contributed by atoms with E-state index in [1.54, 1.807) is 24.3 Å². The maximum atomic E-state index is 14.1. The molecular weight excluding hydrogens is 569 g/mol. The average molecular weight is 605 g/mol. The highest BCUT2D eigenvalue weighted by atomic mass is 35.5. The summed E-state index contributed by atoms with van der Waals surface area (Å²) in [4.78, 5) is 28.7. The number of nitrogens with zero attached hydrogens (tertiary/aromatic N) is 2. The lowest BCUT2D eigenvalue weighted by Gasteiger charge is -2.33. The van der Waals surface area contributed by atoms with E-state index in [2.05, 4.69) is 5.32 Å². The summed E-state index contributed by atoms with van der Waals surface area (Å²) in [7, 11) is -4.24. The molecular formula is C30H35Cl2N3O4S. The first-order chi connectivity index (χ1) is 19.0. The minimum absolute atomic E-state index is 0.0000864. The summed E-state index contributed by atoms with van der Waals surface area (Å²) in [6, 6.07) is 17.8. The van der Waals surface area contributed by atoms with Crippen molar-refractivity contribution in [3.05, 3.63) is 93.5 Å². The van der Waals surface area contributed by atoms with Crippen LogP contribution < -0.4 is 9.62 Å². The number of sulfonamides is 1. The van der Waals surface area contributed by atoms with Gasteiger partial charge in [0.1, 0.15) is 12.6 Å². The summed E-state index contributed by atoms with van der Waals surface area (Å²) in [5.41, 5.74) is 2.78. The molecule has 3 rings (SSSR count). The maximum Gasteiger partial charge on any atom is 0.264 e. The zero-order valence-electron chi connectivity index (χ0n) is 23.2. The molecule has 3 aromatic rings. The molecule has 10 heteroatoms. The van der Waals surface area contributed by atoms with E-state index in [0.29, 0.717) is 13.0 Å². The Morgan fingerprint density at radius 1 is 0.925 bits per heavy atom. The van der Waals surface area contributed by atoms with Gasteiger partial charge in [-0.15, -0.1) is 0 Å². The summed E-state index contributed by atoms with van der Waals surface area (Å²) in [6.45, 7) is 7.57. The van der Waals surface area contributed by atoms with Gasteiger partial charge in [-0.3, -0.25) is 13.9 Å². The molecule has 0 saturated carbocycles. The van der Waals surface area contributed by atoms with Crippen molar-refractivity contribution in [3.8, 4) is 0 Å². The fourth-order valence-electron chi connectivity index (χ4n) is 4.33. The predicted octanol–water partition coefficient (Wildman–Crippen LogP) is 6.14. The van der Waals surface area contributed by atoms with Crippen LogP contribution in [0.2, 0.25) is 10.0 Å². The van der Waals surface area contributed by atoms with Crippen LogP contribution in [0, 0.1) is 13.8 Å². The molecule has 0 heterocycles. The van der Waals surface area contributed by atoms with Gasteiger partial charge in [-0.2, -0.15) is 0 Å². The van der Waals surface area contributed by atoms with E-state index in [4.69, 9.17) is 23.2 Å². The van der Waals surface area contributed by atoms with Crippen LogP contribution >= 0.6 is 23.2 Å². The van der Waals surface area contributed by atoms with Crippen molar-refractivity contribution < 1.29 is 18.0 Å². The van der Waals surface area contributed by atoms with Crippen LogP contribution in [0.5, 0.6) is 0 Å². The third-order valence-electron chi connectivity index (χ3n) is 6.46. The first kappa shape index (κ1) is 31.5. The van der Waals surface area contributed by atoms with Crippen LogP contribution in [0.3, 0.4) is 0 Å². The Balaban J connectivity index is 2.10. The van der Waals surface area contributed by atoms with E-state index in [-0.39, 0.29) is 33.1 Å². The van der Waals surface area contributed by atoms with Crippen molar-refractivity contribution in [2.75, 3.05) is 17.4 Å². The molecule has 0 radical (unpaired) electrons. The number of anilines is 1. The highest BCUT2D eigenvalue weighted by Crippen LogP contribution is 2.35. The monoisotopic (exact) mass is 603 g/mol. The number of nitrogens with one attached hydrogen (secondary N) is 1. The van der Waals surface area contributed by atoms with Crippen LogP contribution in [0.4, 0.5) is 5.69 Å². The molecule has 0 aliphatic carbocycles. The van der Waals surface area contributed by atoms with Gasteiger partial charge in [0.2, 0.25) is 11.8 Å². The molecule has 0 aliphatic rings. The SMILES string of the molecule is CCCNC(=O)C(CC)N(Cc1cccc(C)c1)C(=O)CN(c1cccc(Cl)c1Cl)S(=O)(=O)c1ccc(C)cc1. The molecule has 1 unspecified atom stereocenters. The molecule has 0 fully saturated rings. The highest BCUT2D eigenvalue weighted by molar-refractivity contribution is 7.92. The smallest absolute Gasteiger partial charge is 0.264 e. The Morgan fingerprint density at radius 2 is 1.60 bits per heavy atom. The zero-order chi connectivity index (χ0) is 29.4. The molecule has 40 heavy (non-hydrogen) atoms. The van der Waals surface area contributed by atoms with Crippen LogP contribution in [-0.4, -0.2) is 44.3 Å². The molecule has 214 valence electrons. The van der Waals surface area contributed by atoms with E-state index in [9.17, 15) is 18.0 Å². The first-order valence-corrected chi connectivity index (χ1v) is 15.3. The van der Waals surface area contributed by atoms with Gasteiger partial charge in [0.15, 0.2) is 0 Å². The number of benzene rings is 3. The molecule has 0 spiro atoms. The van der Waals surface area contributed by atoms with Gasteiger partial charge >= 0.3 is 0 Å². The van der Waals surface area contributed by atoms with Gasteiger partial charge < -0.3 is 10.2 Å². The van der Waals surface area contributed by atoms with Gasteiger partial charge in [-0.1, -0.05) is 90.6 Å². The van der Waals surface area contributed by atoms with Crippen molar-refractivity contribution in [2.45, 2.75) is 58.0 Å². The topological polar surface area (TPSA) is 86.8 Å². The second-order valence-corrected chi connectivity index (χ2v) is 12.3. The fraction of sp³-hybridized carbons (Fsp3) is 0.333. The molecule has 1 atom stereocenters. The Labute approximate surface area is 247 Å². The Hall–Kier alpha value is -3.07. The van der Waals surface area contributed by atoms with Crippen LogP contribution in [0.15, 0.2) is 71.6 Å². The molecule has 7 nitrogen and oxygen atoms in total. The number of hydrogen-bond acceptors (Lipinski definition) is 4. The molecule has 0 saturated heterocycles. The minimum Gasteiger partial charge on any atom is -0.354 e. The Morgan fingerprint density at radius 3 is 2.23 bits per heavy atom. The summed E-state index contributed by atoms with van der Waals surface area (Å²) in [5.74, 6) is -0.842. The number of carbonyl (C=O) groups is 2. The summed E-state index contributed by atoms with van der Waals surface area (Å²) >= 11 is 12.7. The van der Waals surface area contributed by atoms with Crippen LogP contribution in [0.25, 0.3) is 0 Å².